The number of hydrogen-bond donors (Lipinski definition) is 3. The van der Waals surface area contributed by atoms with Gasteiger partial charge in [-0.1, -0.05) is 73.5 Å². The minimum Gasteiger partial charge on any atom is -0.444 e. The molecule has 77 heavy (non-hydrogen) atoms. The third-order valence-corrected chi connectivity index (χ3v) is 12.4. The van der Waals surface area contributed by atoms with Crippen LogP contribution in [0.4, 0.5) is 14.4 Å². The second-order valence-electron chi connectivity index (χ2n) is 22.2. The highest BCUT2D eigenvalue weighted by molar-refractivity contribution is 6.30. The van der Waals surface area contributed by atoms with Crippen molar-refractivity contribution in [2.75, 3.05) is 27.2 Å². The Labute approximate surface area is 456 Å². The SMILES string of the molecule is CNCC(=O)[C@@H]1Cc2ccc(OC(=O)OC(C)(C)C)c(c2)-c2cc(ccc2OC(=O)OC(C)(C)C)[C@H](N(C)C(=O)[C@H](CCCCNC(=O)OC(C)(C)C)CC(=O)c2ccc(-c3ccc(Cl)cc3)cc2)C(=O)C[C@@H](C)C(=O)N1. The van der Waals surface area contributed by atoms with Gasteiger partial charge in [-0.3, -0.25) is 24.0 Å². The third-order valence-electron chi connectivity index (χ3n) is 12.1. The number of ether oxygens (including phenoxy) is 5. The molecule has 17 nitrogen and oxygen atoms in total. The number of ketones is 3. The molecule has 4 atom stereocenters. The minimum absolute atomic E-state index is 0.0296. The Morgan fingerprint density at radius 2 is 1.26 bits per heavy atom. The van der Waals surface area contributed by atoms with Gasteiger partial charge in [-0.25, -0.2) is 14.4 Å². The van der Waals surface area contributed by atoms with Crippen molar-refractivity contribution in [3.05, 3.63) is 107 Å². The molecule has 0 saturated heterocycles. The van der Waals surface area contributed by atoms with Crippen LogP contribution in [0.25, 0.3) is 22.3 Å². The molecular weight excluding hydrogens is 1010 g/mol. The highest BCUT2D eigenvalue weighted by Crippen LogP contribution is 2.42. The number of likely N-dealkylation sites (N-methyl/N-ethyl adjacent to an activating group) is 2. The molecule has 5 rings (SSSR count). The van der Waals surface area contributed by atoms with Gasteiger partial charge in [0, 0.05) is 60.0 Å². The van der Waals surface area contributed by atoms with Gasteiger partial charge in [0.15, 0.2) is 17.3 Å². The second-order valence-corrected chi connectivity index (χ2v) is 22.7. The maximum Gasteiger partial charge on any atom is 0.514 e. The molecule has 0 spiro atoms. The Hall–Kier alpha value is -7.11. The number of nitrogens with one attached hydrogen (secondary N) is 3. The maximum atomic E-state index is 15.3. The number of hydrogen-bond acceptors (Lipinski definition) is 14. The van der Waals surface area contributed by atoms with E-state index in [1.807, 2.05) is 12.1 Å². The predicted molar refractivity (Wildman–Crippen MR) is 292 cm³/mol. The fraction of sp³-hybridized carbons (Fsp3) is 0.458. The Kier molecular flexibility index (Phi) is 20.7. The Balaban J connectivity index is 1.65. The summed E-state index contributed by atoms with van der Waals surface area (Å²) in [5.74, 6) is -4.57. The summed E-state index contributed by atoms with van der Waals surface area (Å²) in [6, 6.07) is 20.9. The molecule has 4 aromatic rings. The van der Waals surface area contributed by atoms with Gasteiger partial charge >= 0.3 is 18.4 Å². The van der Waals surface area contributed by atoms with Crippen LogP contribution in [0.15, 0.2) is 84.9 Å². The number of amides is 3. The molecule has 4 aromatic carbocycles. The molecule has 3 N–H and O–H groups in total. The van der Waals surface area contributed by atoms with E-state index in [1.54, 1.807) is 125 Å². The van der Waals surface area contributed by atoms with Crippen LogP contribution in [-0.4, -0.2) is 102 Å². The van der Waals surface area contributed by atoms with Crippen molar-refractivity contribution in [3.8, 4) is 33.8 Å². The summed E-state index contributed by atoms with van der Waals surface area (Å²) >= 11 is 6.12. The zero-order valence-corrected chi connectivity index (χ0v) is 46.9. The molecule has 18 heteroatoms. The number of alkyl carbamates (subject to hydrolysis) is 1. The first-order valence-corrected chi connectivity index (χ1v) is 26.1. The van der Waals surface area contributed by atoms with E-state index in [0.717, 1.165) is 11.1 Å². The average molecular weight is 1080 g/mol. The van der Waals surface area contributed by atoms with Gasteiger partial charge in [0.1, 0.15) is 34.3 Å². The van der Waals surface area contributed by atoms with Crippen molar-refractivity contribution < 1.29 is 62.0 Å². The van der Waals surface area contributed by atoms with Gasteiger partial charge in [-0.05, 0) is 147 Å². The third kappa shape index (κ3) is 18.6. The van der Waals surface area contributed by atoms with Gasteiger partial charge in [0.05, 0.1) is 12.6 Å². The lowest BCUT2D eigenvalue weighted by molar-refractivity contribution is -0.142. The van der Waals surface area contributed by atoms with Crippen LogP contribution in [0, 0.1) is 11.8 Å². The molecule has 1 aliphatic heterocycles. The van der Waals surface area contributed by atoms with Gasteiger partial charge in [-0.2, -0.15) is 0 Å². The van der Waals surface area contributed by atoms with Crippen molar-refractivity contribution in [2.45, 2.75) is 137 Å². The average Bonchev–Trinajstić information content (AvgIpc) is 3.32. The van der Waals surface area contributed by atoms with Crippen LogP contribution >= 0.6 is 11.6 Å². The maximum absolute atomic E-state index is 15.3. The van der Waals surface area contributed by atoms with Crippen molar-refractivity contribution in [2.24, 2.45) is 11.8 Å². The molecule has 414 valence electrons. The largest absolute Gasteiger partial charge is 0.514 e. The lowest BCUT2D eigenvalue weighted by atomic mass is 9.87. The van der Waals surface area contributed by atoms with Gasteiger partial charge in [-0.15, -0.1) is 0 Å². The first-order valence-electron chi connectivity index (χ1n) is 25.7. The van der Waals surface area contributed by atoms with Crippen LogP contribution in [0.2, 0.25) is 5.02 Å². The zero-order chi connectivity index (χ0) is 57.0. The van der Waals surface area contributed by atoms with Crippen LogP contribution in [0.5, 0.6) is 11.5 Å². The topological polar surface area (TPSA) is 222 Å². The van der Waals surface area contributed by atoms with E-state index in [4.69, 9.17) is 35.3 Å². The number of rotatable bonds is 16. The summed E-state index contributed by atoms with van der Waals surface area (Å²) in [7, 11) is 3.03. The highest BCUT2D eigenvalue weighted by Gasteiger charge is 2.37. The lowest BCUT2D eigenvalue weighted by Crippen LogP contribution is -2.47. The molecule has 0 fully saturated rings. The van der Waals surface area contributed by atoms with Crippen LogP contribution in [0.1, 0.15) is 129 Å². The number of Topliss-reactive ketones (excluding diaryl/α,β-unsaturated/α-hetero) is 3. The number of halogens is 1. The normalized spacial score (nSPS) is 16.4. The van der Waals surface area contributed by atoms with Crippen LogP contribution < -0.4 is 25.4 Å². The molecule has 0 unspecified atom stereocenters. The number of nitrogens with zero attached hydrogens (tertiary/aromatic N) is 1. The lowest BCUT2D eigenvalue weighted by Gasteiger charge is -2.32. The summed E-state index contributed by atoms with van der Waals surface area (Å²) in [5.41, 5.74) is 0.408. The fourth-order valence-corrected chi connectivity index (χ4v) is 8.67. The van der Waals surface area contributed by atoms with Crippen LogP contribution in [-0.2, 0) is 39.8 Å². The summed E-state index contributed by atoms with van der Waals surface area (Å²) in [5, 5.41) is 8.97. The summed E-state index contributed by atoms with van der Waals surface area (Å²) in [4.78, 5) is 113. The second kappa shape index (κ2) is 26.3. The van der Waals surface area contributed by atoms with E-state index in [9.17, 15) is 28.8 Å². The van der Waals surface area contributed by atoms with Crippen molar-refractivity contribution >= 4 is 59.2 Å². The summed E-state index contributed by atoms with van der Waals surface area (Å²) in [6.45, 7) is 16.9. The molecular formula is C59H73ClN4O13. The first kappa shape index (κ1) is 60.8. The Morgan fingerprint density at radius 1 is 0.714 bits per heavy atom. The number of carbonyl (C=O) groups is 8. The van der Waals surface area contributed by atoms with Crippen LogP contribution in [0.3, 0.4) is 0 Å². The molecule has 0 aliphatic carbocycles. The van der Waals surface area contributed by atoms with E-state index in [2.05, 4.69) is 16.0 Å². The molecule has 1 aliphatic rings. The van der Waals surface area contributed by atoms with E-state index in [0.29, 0.717) is 29.0 Å². The molecule has 4 bridgehead atoms. The van der Waals surface area contributed by atoms with Crippen molar-refractivity contribution in [1.82, 2.24) is 20.9 Å². The molecule has 1 heterocycles. The zero-order valence-electron chi connectivity index (χ0n) is 46.2. The standard InChI is InChI=1S/C59H73ClN4O13/c1-35-29-47(66)51(64(12)53(69)41(15-13-14-28-62-54(70)75-57(2,3)4)33-46(65)39-19-17-37(18-20-39)38-21-24-42(60)25-22-38)40-23-27-50(74-56(72)77-59(8,9)10)44(32-40)43-30-36(31-45(63-52(35)68)48(67)34-61-11)16-26-49(43)73-55(71)76-58(5,6)7/h16-27,30,32,35,41,45,51,61H,13-15,28-29,31,33-34H2,1-12H3,(H,62,70)(H,63,68)/t35-,41-,45+,51+/m1/s1. The van der Waals surface area contributed by atoms with E-state index < -0.39 is 83.1 Å². The molecule has 0 aromatic heterocycles. The van der Waals surface area contributed by atoms with Crippen molar-refractivity contribution in [1.29, 1.82) is 0 Å². The monoisotopic (exact) mass is 1080 g/mol. The molecule has 0 radical (unpaired) electrons. The van der Waals surface area contributed by atoms with E-state index in [-0.39, 0.29) is 72.1 Å². The Bertz CT molecular complexity index is 2790. The first-order chi connectivity index (χ1) is 36.0. The van der Waals surface area contributed by atoms with Gasteiger partial charge in [0.25, 0.3) is 0 Å². The minimum atomic E-state index is -1.43. The van der Waals surface area contributed by atoms with E-state index >= 15 is 9.59 Å². The highest BCUT2D eigenvalue weighted by atomic mass is 35.5. The Morgan fingerprint density at radius 3 is 1.82 bits per heavy atom. The summed E-state index contributed by atoms with van der Waals surface area (Å²) < 4.78 is 28.1. The predicted octanol–water partition coefficient (Wildman–Crippen LogP) is 10.8. The number of unbranched alkanes of at least 4 members (excludes halogenated alkanes) is 1. The molecule has 0 saturated carbocycles. The van der Waals surface area contributed by atoms with Gasteiger partial charge in [0.2, 0.25) is 11.8 Å². The number of fused-ring (bicyclic) bond motifs is 5. The molecule has 3 amide bonds. The van der Waals surface area contributed by atoms with Crippen molar-refractivity contribution in [3.63, 3.8) is 0 Å². The van der Waals surface area contributed by atoms with Gasteiger partial charge < -0.3 is 44.5 Å². The van der Waals surface area contributed by atoms with E-state index in [1.165, 1.54) is 36.2 Å². The smallest absolute Gasteiger partial charge is 0.444 e. The number of carbonyl (C=O) groups excluding carboxylic acids is 8. The fourth-order valence-electron chi connectivity index (χ4n) is 8.55. The quantitative estimate of drug-likeness (QED) is 0.0312. The summed E-state index contributed by atoms with van der Waals surface area (Å²) in [6.07, 6.45) is -2.46. The number of benzene rings is 4.